The van der Waals surface area contributed by atoms with Crippen LogP contribution in [0.1, 0.15) is 50.0 Å². The van der Waals surface area contributed by atoms with Crippen molar-refractivity contribution in [2.45, 2.75) is 40.3 Å². The lowest BCUT2D eigenvalue weighted by molar-refractivity contribution is -0.137. The highest BCUT2D eigenvalue weighted by Crippen LogP contribution is 2.29. The monoisotopic (exact) mass is 381 g/mol. The van der Waals surface area contributed by atoms with Gasteiger partial charge in [-0.3, -0.25) is 20.5 Å². The van der Waals surface area contributed by atoms with Gasteiger partial charge >= 0.3 is 6.18 Å². The van der Waals surface area contributed by atoms with Gasteiger partial charge in [-0.2, -0.15) is 23.3 Å². The number of rotatable bonds is 2. The molecule has 0 aromatic heterocycles. The summed E-state index contributed by atoms with van der Waals surface area (Å²) in [6.07, 6.45) is -3.95. The summed E-state index contributed by atoms with van der Waals surface area (Å²) in [6, 6.07) is 3.96. The van der Waals surface area contributed by atoms with Crippen LogP contribution in [0.25, 0.3) is 0 Å². The maximum atomic E-state index is 12.6. The number of amidine groups is 1. The fourth-order valence-electron chi connectivity index (χ4n) is 2.07. The summed E-state index contributed by atoms with van der Waals surface area (Å²) in [5.41, 5.74) is 2.74. The van der Waals surface area contributed by atoms with Gasteiger partial charge in [-0.25, -0.2) is 0 Å². The lowest BCUT2D eigenvalue weighted by atomic mass is 9.97. The van der Waals surface area contributed by atoms with Crippen LogP contribution in [-0.4, -0.2) is 30.0 Å². The maximum Gasteiger partial charge on any atom is 0.416 e. The van der Waals surface area contributed by atoms with Crippen molar-refractivity contribution in [2.24, 2.45) is 20.5 Å². The minimum Gasteiger partial charge on any atom is -0.291 e. The summed E-state index contributed by atoms with van der Waals surface area (Å²) < 4.78 is 37.9. The lowest BCUT2D eigenvalue weighted by Crippen LogP contribution is -2.32. The molecule has 2 rings (SSSR count). The van der Waals surface area contributed by atoms with Gasteiger partial charge in [0.05, 0.1) is 5.56 Å². The summed E-state index contributed by atoms with van der Waals surface area (Å²) in [6.45, 7) is 8.20. The number of benzene rings is 1. The number of hydrogen-bond acceptors (Lipinski definition) is 3. The average Bonchev–Trinajstić information content (AvgIpc) is 2.96. The minimum absolute atomic E-state index is 0.0819. The van der Waals surface area contributed by atoms with E-state index in [1.807, 2.05) is 27.7 Å². The van der Waals surface area contributed by atoms with E-state index in [2.05, 4.69) is 25.8 Å². The number of guanidine groups is 1. The molecule has 9 heteroatoms. The van der Waals surface area contributed by atoms with Gasteiger partial charge in [0.1, 0.15) is 5.84 Å². The Balaban J connectivity index is 2.17. The normalized spacial score (nSPS) is 16.9. The van der Waals surface area contributed by atoms with Gasteiger partial charge in [-0.1, -0.05) is 20.8 Å². The number of alkyl halides is 3. The zero-order chi connectivity index (χ0) is 20.2. The van der Waals surface area contributed by atoms with Gasteiger partial charge in [0.2, 0.25) is 5.96 Å². The first-order chi connectivity index (χ1) is 12.4. The largest absolute Gasteiger partial charge is 0.416 e. The van der Waals surface area contributed by atoms with Gasteiger partial charge in [0.25, 0.3) is 5.91 Å². The zero-order valence-corrected chi connectivity index (χ0v) is 15.6. The number of nitrogens with one attached hydrogen (secondary N) is 2. The van der Waals surface area contributed by atoms with Crippen molar-refractivity contribution >= 4 is 23.4 Å². The molecule has 1 aromatic carbocycles. The van der Waals surface area contributed by atoms with Crippen molar-refractivity contribution in [1.82, 2.24) is 10.7 Å². The molecule has 146 valence electrons. The first-order valence-electron chi connectivity index (χ1n) is 8.34. The van der Waals surface area contributed by atoms with E-state index in [0.29, 0.717) is 18.8 Å². The van der Waals surface area contributed by atoms with Crippen LogP contribution >= 0.6 is 0 Å². The van der Waals surface area contributed by atoms with Crippen LogP contribution in [0.4, 0.5) is 13.2 Å². The Morgan fingerprint density at radius 1 is 1.22 bits per heavy atom. The highest BCUT2D eigenvalue weighted by atomic mass is 19.4. The van der Waals surface area contributed by atoms with Crippen LogP contribution in [0.15, 0.2) is 39.4 Å². The molecule has 0 fully saturated rings. The molecule has 0 unspecified atom stereocenters. The molecule has 27 heavy (non-hydrogen) atoms. The molecule has 0 bridgehead atoms. The predicted molar refractivity (Wildman–Crippen MR) is 99.0 cm³/mol. The van der Waals surface area contributed by atoms with E-state index < -0.39 is 17.6 Å². The van der Waals surface area contributed by atoms with E-state index in [4.69, 9.17) is 0 Å². The first kappa shape index (κ1) is 20.6. The third-order valence-electron chi connectivity index (χ3n) is 3.44. The van der Waals surface area contributed by atoms with Crippen molar-refractivity contribution in [2.75, 3.05) is 6.54 Å². The SMILES string of the molecule is CC1=NNC(=NC(=NCC(C)(C)C)NC(=O)c2ccc(C(F)(F)F)cc2)C1. The first-order valence-corrected chi connectivity index (χ1v) is 8.34. The smallest absolute Gasteiger partial charge is 0.291 e. The van der Waals surface area contributed by atoms with Crippen LogP contribution < -0.4 is 10.7 Å². The van der Waals surface area contributed by atoms with Gasteiger partial charge in [0.15, 0.2) is 0 Å². The Morgan fingerprint density at radius 3 is 2.33 bits per heavy atom. The van der Waals surface area contributed by atoms with Crippen LogP contribution in [0.3, 0.4) is 0 Å². The van der Waals surface area contributed by atoms with Crippen LogP contribution in [0.5, 0.6) is 0 Å². The molecule has 2 N–H and O–H groups in total. The highest BCUT2D eigenvalue weighted by molar-refractivity contribution is 6.13. The summed E-state index contributed by atoms with van der Waals surface area (Å²) in [4.78, 5) is 21.0. The molecule has 0 aliphatic carbocycles. The van der Waals surface area contributed by atoms with Crippen molar-refractivity contribution < 1.29 is 18.0 Å². The molecule has 6 nitrogen and oxygen atoms in total. The molecule has 1 aliphatic heterocycles. The summed E-state index contributed by atoms with van der Waals surface area (Å²) >= 11 is 0. The Labute approximate surface area is 155 Å². The van der Waals surface area contributed by atoms with E-state index in [0.717, 1.165) is 30.0 Å². The second-order valence-corrected chi connectivity index (χ2v) is 7.42. The Bertz CT molecular complexity index is 787. The number of amides is 1. The van der Waals surface area contributed by atoms with E-state index in [1.54, 1.807) is 0 Å². The van der Waals surface area contributed by atoms with Gasteiger partial charge < -0.3 is 0 Å². The molecule has 1 aliphatic rings. The Morgan fingerprint density at radius 2 is 1.85 bits per heavy atom. The maximum absolute atomic E-state index is 12.6. The fraction of sp³-hybridized carbons (Fsp3) is 0.444. The number of carbonyl (C=O) groups is 1. The van der Waals surface area contributed by atoms with Crippen molar-refractivity contribution in [3.05, 3.63) is 35.4 Å². The fourth-order valence-corrected chi connectivity index (χ4v) is 2.07. The number of aliphatic imine (C=N–C) groups is 2. The number of nitrogens with zero attached hydrogens (tertiary/aromatic N) is 3. The highest BCUT2D eigenvalue weighted by Gasteiger charge is 2.30. The Kier molecular flexibility index (Phi) is 6.02. The van der Waals surface area contributed by atoms with Crippen LogP contribution in [0, 0.1) is 5.41 Å². The van der Waals surface area contributed by atoms with Gasteiger partial charge in [-0.05, 0) is 36.6 Å². The molecule has 1 aromatic rings. The molecule has 0 saturated carbocycles. The molecular weight excluding hydrogens is 359 g/mol. The standard InChI is InChI=1S/C18H22F3N5O/c1-11-9-14(26-25-11)23-16(22-10-17(2,3)4)24-15(27)12-5-7-13(8-6-12)18(19,20)21/h5-8H,9-10H2,1-4H3,(H2,22,23,24,26,27). The summed E-state index contributed by atoms with van der Waals surface area (Å²) in [5, 5.41) is 6.57. The van der Waals surface area contributed by atoms with Crippen molar-refractivity contribution in [3.8, 4) is 0 Å². The van der Waals surface area contributed by atoms with Crippen LogP contribution in [0.2, 0.25) is 0 Å². The summed E-state index contributed by atoms with van der Waals surface area (Å²) in [5.74, 6) is 0.0338. The number of hydrazone groups is 1. The molecule has 0 radical (unpaired) electrons. The molecule has 0 saturated heterocycles. The minimum atomic E-state index is -4.45. The van der Waals surface area contributed by atoms with E-state index >= 15 is 0 Å². The van der Waals surface area contributed by atoms with E-state index in [-0.39, 0.29) is 16.9 Å². The van der Waals surface area contributed by atoms with Gasteiger partial charge in [-0.15, -0.1) is 0 Å². The lowest BCUT2D eigenvalue weighted by Gasteiger charge is -2.15. The second kappa shape index (κ2) is 7.89. The van der Waals surface area contributed by atoms with E-state index in [1.165, 1.54) is 0 Å². The number of halogens is 3. The second-order valence-electron chi connectivity index (χ2n) is 7.42. The topological polar surface area (TPSA) is 78.2 Å². The third kappa shape index (κ3) is 6.50. The molecule has 0 spiro atoms. The summed E-state index contributed by atoms with van der Waals surface area (Å²) in [7, 11) is 0. The average molecular weight is 381 g/mol. The van der Waals surface area contributed by atoms with Crippen molar-refractivity contribution in [1.29, 1.82) is 0 Å². The van der Waals surface area contributed by atoms with Crippen molar-refractivity contribution in [3.63, 3.8) is 0 Å². The van der Waals surface area contributed by atoms with Crippen LogP contribution in [-0.2, 0) is 6.18 Å². The zero-order valence-electron chi connectivity index (χ0n) is 15.6. The quantitative estimate of drug-likeness (QED) is 0.606. The van der Waals surface area contributed by atoms with Gasteiger partial charge in [0, 0.05) is 24.2 Å². The molecular formula is C18H22F3N5O. The predicted octanol–water partition coefficient (Wildman–Crippen LogP) is 3.61. The molecule has 0 atom stereocenters. The van der Waals surface area contributed by atoms with E-state index in [9.17, 15) is 18.0 Å². The molecule has 1 amide bonds. The molecule has 1 heterocycles. The number of hydrogen-bond donors (Lipinski definition) is 2. The third-order valence-corrected chi connectivity index (χ3v) is 3.44. The number of carbonyl (C=O) groups excluding carboxylic acids is 1. The Hall–Kier alpha value is -2.71.